The van der Waals surface area contributed by atoms with Gasteiger partial charge >= 0.3 is 0 Å². The van der Waals surface area contributed by atoms with Crippen LogP contribution in [-0.2, 0) is 4.79 Å². The highest BCUT2D eigenvalue weighted by Crippen LogP contribution is 2.24. The molecule has 0 saturated carbocycles. The summed E-state index contributed by atoms with van der Waals surface area (Å²) in [4.78, 5) is 38.3. The van der Waals surface area contributed by atoms with Gasteiger partial charge in [-0.05, 0) is 42.5 Å². The molecule has 1 aromatic heterocycles. The smallest absolute Gasteiger partial charge is 0.269 e. The summed E-state index contributed by atoms with van der Waals surface area (Å²) >= 11 is 1.55. The average molecular weight is 421 g/mol. The zero-order valence-corrected chi connectivity index (χ0v) is 16.7. The largest absolute Gasteiger partial charge is 0.364 e. The van der Waals surface area contributed by atoms with Gasteiger partial charge in [-0.3, -0.25) is 14.4 Å². The van der Waals surface area contributed by atoms with Crippen LogP contribution in [0.1, 0.15) is 20.8 Å². The molecular weight excluding hydrogens is 402 g/mol. The molecule has 1 saturated heterocycles. The van der Waals surface area contributed by atoms with Crippen molar-refractivity contribution < 1.29 is 14.4 Å². The number of carbonyl (C=O) groups is 3. The van der Waals surface area contributed by atoms with E-state index < -0.39 is 11.9 Å². The maximum absolute atomic E-state index is 12.8. The fourth-order valence-corrected chi connectivity index (χ4v) is 4.28. The molecule has 0 spiro atoms. The Morgan fingerprint density at radius 1 is 1.03 bits per heavy atom. The molecule has 0 bridgehead atoms. The maximum Gasteiger partial charge on any atom is 0.269 e. The number of thioether (sulfide) groups is 1. The molecule has 1 fully saturated rings. The van der Waals surface area contributed by atoms with Gasteiger partial charge in [-0.25, -0.2) is 4.68 Å². The van der Waals surface area contributed by atoms with E-state index in [1.165, 1.54) is 10.7 Å². The van der Waals surface area contributed by atoms with Crippen LogP contribution in [0.3, 0.4) is 0 Å². The minimum absolute atomic E-state index is 0.153. The van der Waals surface area contributed by atoms with Crippen molar-refractivity contribution in [2.75, 3.05) is 16.9 Å². The predicted molar refractivity (Wildman–Crippen MR) is 114 cm³/mol. The van der Waals surface area contributed by atoms with E-state index in [1.807, 2.05) is 6.07 Å². The van der Waals surface area contributed by atoms with E-state index in [9.17, 15) is 14.4 Å². The summed E-state index contributed by atoms with van der Waals surface area (Å²) < 4.78 is 1.53. The molecule has 3 amide bonds. The van der Waals surface area contributed by atoms with Crippen molar-refractivity contribution in [3.8, 4) is 5.69 Å². The Morgan fingerprint density at radius 3 is 2.43 bits per heavy atom. The molecule has 4 rings (SSSR count). The lowest BCUT2D eigenvalue weighted by atomic mass is 10.1. The fraction of sp³-hybridized carbons (Fsp3) is 0.143. The molecule has 0 radical (unpaired) electrons. The van der Waals surface area contributed by atoms with Crippen LogP contribution < -0.4 is 11.1 Å². The molecule has 1 aliphatic heterocycles. The molecule has 1 atom stereocenters. The van der Waals surface area contributed by atoms with Crippen molar-refractivity contribution in [3.63, 3.8) is 0 Å². The first-order valence-corrected chi connectivity index (χ1v) is 10.4. The lowest BCUT2D eigenvalue weighted by Crippen LogP contribution is -2.44. The van der Waals surface area contributed by atoms with E-state index in [0.29, 0.717) is 22.9 Å². The minimum atomic E-state index is -0.596. The van der Waals surface area contributed by atoms with Crippen molar-refractivity contribution in [1.29, 1.82) is 0 Å². The van der Waals surface area contributed by atoms with Gasteiger partial charge in [-0.15, -0.1) is 11.8 Å². The summed E-state index contributed by atoms with van der Waals surface area (Å²) in [6, 6.07) is 17.0. The van der Waals surface area contributed by atoms with Crippen molar-refractivity contribution in [1.82, 2.24) is 14.7 Å². The van der Waals surface area contributed by atoms with Gasteiger partial charge in [0.25, 0.3) is 11.8 Å². The second-order valence-electron chi connectivity index (χ2n) is 6.70. The van der Waals surface area contributed by atoms with Gasteiger partial charge in [0, 0.05) is 23.2 Å². The van der Waals surface area contributed by atoms with Crippen LogP contribution in [0.4, 0.5) is 5.69 Å². The van der Waals surface area contributed by atoms with Crippen LogP contribution in [0.15, 0.2) is 66.9 Å². The van der Waals surface area contributed by atoms with E-state index in [0.717, 1.165) is 5.69 Å². The Bertz CT molecular complexity index is 1080. The predicted octanol–water partition coefficient (Wildman–Crippen LogP) is 2.12. The standard InChI is InChI=1S/C21H19N5O3S/c22-19(27)17-10-11-26(24-17)16-8-6-15(7-9-16)23-20(28)18-12-30-13-25(18)21(29)14-4-2-1-3-5-14/h1-11,18H,12-13H2,(H2,22,27)(H,23,28). The van der Waals surface area contributed by atoms with Crippen molar-refractivity contribution >= 4 is 35.2 Å². The minimum Gasteiger partial charge on any atom is -0.364 e. The highest BCUT2D eigenvalue weighted by molar-refractivity contribution is 7.99. The SMILES string of the molecule is NC(=O)c1ccn(-c2ccc(NC(=O)C3CSCN3C(=O)c3ccccc3)cc2)n1. The van der Waals surface area contributed by atoms with Gasteiger partial charge in [0.05, 0.1) is 11.6 Å². The lowest BCUT2D eigenvalue weighted by Gasteiger charge is -2.23. The molecule has 3 aromatic rings. The summed E-state index contributed by atoms with van der Waals surface area (Å²) in [5, 5.41) is 6.97. The zero-order valence-electron chi connectivity index (χ0n) is 15.9. The number of hydrogen-bond donors (Lipinski definition) is 2. The highest BCUT2D eigenvalue weighted by atomic mass is 32.2. The third kappa shape index (κ3) is 4.06. The lowest BCUT2D eigenvalue weighted by molar-refractivity contribution is -0.119. The van der Waals surface area contributed by atoms with E-state index in [-0.39, 0.29) is 17.5 Å². The molecule has 0 aliphatic carbocycles. The number of nitrogens with one attached hydrogen (secondary N) is 1. The molecular formula is C21H19N5O3S. The second-order valence-corrected chi connectivity index (χ2v) is 7.70. The van der Waals surface area contributed by atoms with Gasteiger partial charge < -0.3 is 16.0 Å². The number of nitrogens with two attached hydrogens (primary N) is 1. The van der Waals surface area contributed by atoms with Gasteiger partial charge in [0.1, 0.15) is 11.7 Å². The second kappa shape index (κ2) is 8.42. The Kier molecular flexibility index (Phi) is 5.53. The number of anilines is 1. The Labute approximate surface area is 177 Å². The topological polar surface area (TPSA) is 110 Å². The molecule has 1 unspecified atom stereocenters. The van der Waals surface area contributed by atoms with Crippen molar-refractivity contribution in [2.45, 2.75) is 6.04 Å². The number of carbonyl (C=O) groups excluding carboxylic acids is 3. The molecule has 2 heterocycles. The molecule has 9 heteroatoms. The third-order valence-electron chi connectivity index (χ3n) is 4.71. The van der Waals surface area contributed by atoms with Crippen LogP contribution in [-0.4, -0.2) is 50.1 Å². The van der Waals surface area contributed by atoms with Crippen molar-refractivity contribution in [2.24, 2.45) is 5.73 Å². The fourth-order valence-electron chi connectivity index (χ4n) is 3.13. The maximum atomic E-state index is 12.8. The third-order valence-corrected chi connectivity index (χ3v) is 5.72. The highest BCUT2D eigenvalue weighted by Gasteiger charge is 2.35. The van der Waals surface area contributed by atoms with E-state index >= 15 is 0 Å². The summed E-state index contributed by atoms with van der Waals surface area (Å²) in [5.41, 5.74) is 7.29. The van der Waals surface area contributed by atoms with Crippen molar-refractivity contribution in [3.05, 3.63) is 78.1 Å². The van der Waals surface area contributed by atoms with E-state index in [4.69, 9.17) is 5.73 Å². The molecule has 2 aromatic carbocycles. The van der Waals surface area contributed by atoms with Gasteiger partial charge in [0.15, 0.2) is 0 Å². The first-order chi connectivity index (χ1) is 14.5. The molecule has 30 heavy (non-hydrogen) atoms. The van der Waals surface area contributed by atoms with Crippen LogP contribution in [0, 0.1) is 0 Å². The summed E-state index contributed by atoms with van der Waals surface area (Å²) in [5.74, 6) is 0.0478. The quantitative estimate of drug-likeness (QED) is 0.656. The number of hydrogen-bond acceptors (Lipinski definition) is 5. The van der Waals surface area contributed by atoms with Gasteiger partial charge in [-0.2, -0.15) is 5.10 Å². The monoisotopic (exact) mass is 421 g/mol. The zero-order chi connectivity index (χ0) is 21.1. The molecule has 8 nitrogen and oxygen atoms in total. The number of nitrogens with zero attached hydrogens (tertiary/aromatic N) is 3. The number of amides is 3. The van der Waals surface area contributed by atoms with Crippen LogP contribution >= 0.6 is 11.8 Å². The Morgan fingerprint density at radius 2 is 1.77 bits per heavy atom. The number of benzene rings is 2. The summed E-state index contributed by atoms with van der Waals surface area (Å²) in [7, 11) is 0. The van der Waals surface area contributed by atoms with Crippen LogP contribution in [0.5, 0.6) is 0 Å². The first kappa shape index (κ1) is 19.7. The summed E-state index contributed by atoms with van der Waals surface area (Å²) in [6.07, 6.45) is 1.64. The molecule has 3 N–H and O–H groups in total. The number of aromatic nitrogens is 2. The van der Waals surface area contributed by atoms with Gasteiger partial charge in [0.2, 0.25) is 5.91 Å². The molecule has 1 aliphatic rings. The first-order valence-electron chi connectivity index (χ1n) is 9.23. The van der Waals surface area contributed by atoms with E-state index in [1.54, 1.807) is 71.4 Å². The van der Waals surface area contributed by atoms with E-state index in [2.05, 4.69) is 10.4 Å². The number of rotatable bonds is 5. The molecule has 152 valence electrons. The summed E-state index contributed by atoms with van der Waals surface area (Å²) in [6.45, 7) is 0. The van der Waals surface area contributed by atoms with Crippen LogP contribution in [0.25, 0.3) is 5.69 Å². The Balaban J connectivity index is 1.44. The number of primary amides is 1. The van der Waals surface area contributed by atoms with Crippen LogP contribution in [0.2, 0.25) is 0 Å². The average Bonchev–Trinajstić information content (AvgIpc) is 3.44. The Hall–Kier alpha value is -3.59. The normalized spacial score (nSPS) is 15.7. The van der Waals surface area contributed by atoms with Gasteiger partial charge in [-0.1, -0.05) is 18.2 Å².